The Hall–Kier alpha value is -4.57. The number of carbonyl (C=O) groups is 2. The number of carbonyl (C=O) groups excluding carboxylic acids is 1. The second-order valence-electron chi connectivity index (χ2n) is 8.75. The minimum atomic E-state index is -0.996. The lowest BCUT2D eigenvalue weighted by Crippen LogP contribution is -2.33. The molecule has 5 rings (SSSR count). The van der Waals surface area contributed by atoms with Gasteiger partial charge in [-0.2, -0.15) is 0 Å². The van der Waals surface area contributed by atoms with E-state index in [1.807, 2.05) is 46.0 Å². The van der Waals surface area contributed by atoms with Crippen molar-refractivity contribution in [1.29, 1.82) is 0 Å². The molecule has 1 saturated heterocycles. The number of thiocarbonyl (C=S) groups is 1. The van der Waals surface area contributed by atoms with E-state index in [-0.39, 0.29) is 42.2 Å². The highest BCUT2D eigenvalue weighted by atomic mass is 32.1. The Kier molecular flexibility index (Phi) is 7.14. The molecule has 2 atom stereocenters. The number of pyridine rings is 1. The van der Waals surface area contributed by atoms with E-state index in [0.717, 1.165) is 17.1 Å². The number of rotatable bonds is 8. The van der Waals surface area contributed by atoms with E-state index in [1.54, 1.807) is 42.6 Å². The SMILES string of the molecule is O=C(CCN1C(=S)NC(c2ccccn2)C1c1cccn1-c1ccc(C(=O)O)cc1)Nc1ccccc1F. The molecular weight excluding hydrogens is 505 g/mol. The van der Waals surface area contributed by atoms with Crippen molar-refractivity contribution in [3.8, 4) is 5.69 Å². The van der Waals surface area contributed by atoms with Gasteiger partial charge in [-0.1, -0.05) is 18.2 Å². The summed E-state index contributed by atoms with van der Waals surface area (Å²) in [5.74, 6) is -1.83. The van der Waals surface area contributed by atoms with Crippen LogP contribution in [-0.4, -0.2) is 43.1 Å². The standard InChI is InChI=1S/C28H24FN5O3S/c29-20-6-1-2-7-21(20)31-24(35)14-17-34-26(25(32-28(34)38)22-8-3-4-15-30-22)23-9-5-16-33(23)19-12-10-18(11-13-19)27(36)37/h1-13,15-16,25-26H,14,17H2,(H,31,35)(H,32,38)(H,36,37). The van der Waals surface area contributed by atoms with Gasteiger partial charge >= 0.3 is 5.97 Å². The maximum absolute atomic E-state index is 14.0. The third kappa shape index (κ3) is 5.12. The Bertz CT molecular complexity index is 1480. The van der Waals surface area contributed by atoms with Gasteiger partial charge < -0.3 is 25.2 Å². The number of nitrogens with one attached hydrogen (secondary N) is 2. The minimum absolute atomic E-state index is 0.0790. The number of aromatic nitrogens is 2. The molecule has 8 nitrogen and oxygen atoms in total. The third-order valence-corrected chi connectivity index (χ3v) is 6.75. The van der Waals surface area contributed by atoms with Crippen molar-refractivity contribution in [1.82, 2.24) is 19.8 Å². The van der Waals surface area contributed by atoms with Crippen molar-refractivity contribution in [2.75, 3.05) is 11.9 Å². The van der Waals surface area contributed by atoms with Gasteiger partial charge in [0, 0.05) is 36.7 Å². The number of carboxylic acid groups (broad SMARTS) is 1. The molecule has 4 aromatic rings. The summed E-state index contributed by atoms with van der Waals surface area (Å²) >= 11 is 5.70. The van der Waals surface area contributed by atoms with Gasteiger partial charge in [0.1, 0.15) is 5.82 Å². The number of amides is 1. The van der Waals surface area contributed by atoms with Crippen LogP contribution in [0, 0.1) is 5.82 Å². The van der Waals surface area contributed by atoms with E-state index >= 15 is 0 Å². The summed E-state index contributed by atoms with van der Waals surface area (Å²) in [5.41, 5.74) is 2.77. The van der Waals surface area contributed by atoms with Crippen LogP contribution >= 0.6 is 12.2 Å². The van der Waals surface area contributed by atoms with Crippen molar-refractivity contribution >= 4 is 34.9 Å². The van der Waals surface area contributed by atoms with Gasteiger partial charge in [0.25, 0.3) is 0 Å². The number of para-hydroxylation sites is 1. The Balaban J connectivity index is 1.45. The molecule has 10 heteroatoms. The fourth-order valence-electron chi connectivity index (χ4n) is 4.60. The molecule has 0 saturated carbocycles. The molecule has 2 aromatic heterocycles. The average Bonchev–Trinajstić information content (AvgIpc) is 3.53. The maximum Gasteiger partial charge on any atom is 0.335 e. The largest absolute Gasteiger partial charge is 0.478 e. The van der Waals surface area contributed by atoms with E-state index in [1.165, 1.54) is 12.1 Å². The predicted molar refractivity (Wildman–Crippen MR) is 145 cm³/mol. The van der Waals surface area contributed by atoms with Crippen molar-refractivity contribution in [3.63, 3.8) is 0 Å². The van der Waals surface area contributed by atoms with Crippen LogP contribution < -0.4 is 10.6 Å². The molecule has 3 N–H and O–H groups in total. The zero-order valence-corrected chi connectivity index (χ0v) is 20.9. The van der Waals surface area contributed by atoms with Gasteiger partial charge in [-0.3, -0.25) is 9.78 Å². The minimum Gasteiger partial charge on any atom is -0.478 e. The number of halogens is 1. The number of benzene rings is 2. The second kappa shape index (κ2) is 10.8. The third-order valence-electron chi connectivity index (χ3n) is 6.40. The number of anilines is 1. The van der Waals surface area contributed by atoms with Gasteiger partial charge in [0.2, 0.25) is 5.91 Å². The summed E-state index contributed by atoms with van der Waals surface area (Å²) in [6.07, 6.45) is 3.69. The van der Waals surface area contributed by atoms with Crippen molar-refractivity contribution in [3.05, 3.63) is 114 Å². The summed E-state index contributed by atoms with van der Waals surface area (Å²) in [6, 6.07) is 21.5. The van der Waals surface area contributed by atoms with Crippen LogP contribution in [0.15, 0.2) is 91.3 Å². The summed E-state index contributed by atoms with van der Waals surface area (Å²) < 4.78 is 16.0. The number of aromatic carboxylic acids is 1. The molecule has 2 aromatic carbocycles. The van der Waals surface area contributed by atoms with Crippen LogP contribution in [-0.2, 0) is 4.79 Å². The molecule has 192 valence electrons. The normalized spacial score (nSPS) is 16.8. The lowest BCUT2D eigenvalue weighted by atomic mass is 10.0. The highest BCUT2D eigenvalue weighted by molar-refractivity contribution is 7.80. The average molecular weight is 530 g/mol. The van der Waals surface area contributed by atoms with Gasteiger partial charge in [0.15, 0.2) is 5.11 Å². The molecule has 1 aliphatic heterocycles. The highest BCUT2D eigenvalue weighted by Crippen LogP contribution is 2.39. The first-order chi connectivity index (χ1) is 18.4. The Morgan fingerprint density at radius 3 is 2.50 bits per heavy atom. The molecule has 2 unspecified atom stereocenters. The van der Waals surface area contributed by atoms with Crippen LogP contribution in [0.25, 0.3) is 5.69 Å². The zero-order valence-electron chi connectivity index (χ0n) is 20.1. The van der Waals surface area contributed by atoms with E-state index < -0.39 is 11.8 Å². The monoisotopic (exact) mass is 529 g/mol. The van der Waals surface area contributed by atoms with Crippen molar-refractivity contribution in [2.24, 2.45) is 0 Å². The summed E-state index contributed by atoms with van der Waals surface area (Å²) in [7, 11) is 0. The molecule has 1 aliphatic rings. The van der Waals surface area contributed by atoms with Crippen LogP contribution in [0.2, 0.25) is 0 Å². The van der Waals surface area contributed by atoms with Crippen LogP contribution in [0.4, 0.5) is 10.1 Å². The van der Waals surface area contributed by atoms with Crippen LogP contribution in [0.1, 0.15) is 40.3 Å². The summed E-state index contributed by atoms with van der Waals surface area (Å²) in [6.45, 7) is 0.281. The van der Waals surface area contributed by atoms with Crippen molar-refractivity contribution < 1.29 is 19.1 Å². The molecule has 0 aliphatic carbocycles. The quantitative estimate of drug-likeness (QED) is 0.284. The van der Waals surface area contributed by atoms with E-state index in [9.17, 15) is 19.1 Å². The van der Waals surface area contributed by atoms with E-state index in [4.69, 9.17) is 12.2 Å². The van der Waals surface area contributed by atoms with Crippen LogP contribution in [0.5, 0.6) is 0 Å². The molecule has 1 amide bonds. The molecule has 0 radical (unpaired) electrons. The second-order valence-corrected chi connectivity index (χ2v) is 9.14. The van der Waals surface area contributed by atoms with E-state index in [2.05, 4.69) is 15.6 Å². The van der Waals surface area contributed by atoms with Gasteiger partial charge in [-0.15, -0.1) is 0 Å². The first kappa shape index (κ1) is 25.1. The molecule has 3 heterocycles. The van der Waals surface area contributed by atoms with E-state index in [0.29, 0.717) is 5.11 Å². The molecule has 0 bridgehead atoms. The first-order valence-corrected chi connectivity index (χ1v) is 12.4. The summed E-state index contributed by atoms with van der Waals surface area (Å²) in [4.78, 5) is 30.5. The van der Waals surface area contributed by atoms with Crippen molar-refractivity contribution in [2.45, 2.75) is 18.5 Å². The summed E-state index contributed by atoms with van der Waals surface area (Å²) in [5, 5.41) is 15.7. The zero-order chi connectivity index (χ0) is 26.6. The Labute approximate surface area is 223 Å². The Morgan fingerprint density at radius 1 is 1.03 bits per heavy atom. The fourth-order valence-corrected chi connectivity index (χ4v) is 4.93. The number of carboxylic acids is 1. The number of hydrogen-bond acceptors (Lipinski definition) is 4. The number of nitrogens with zero attached hydrogens (tertiary/aromatic N) is 3. The van der Waals surface area contributed by atoms with Gasteiger partial charge in [-0.05, 0) is 72.9 Å². The fraction of sp³-hybridized carbons (Fsp3) is 0.143. The maximum atomic E-state index is 14.0. The Morgan fingerprint density at radius 2 is 1.79 bits per heavy atom. The molecule has 1 fully saturated rings. The van der Waals surface area contributed by atoms with Gasteiger partial charge in [-0.25, -0.2) is 9.18 Å². The molecular formula is C28H24FN5O3S. The predicted octanol–water partition coefficient (Wildman–Crippen LogP) is 4.71. The molecule has 38 heavy (non-hydrogen) atoms. The topological polar surface area (TPSA) is 99.5 Å². The lowest BCUT2D eigenvalue weighted by Gasteiger charge is -2.29. The first-order valence-electron chi connectivity index (χ1n) is 12.0. The lowest BCUT2D eigenvalue weighted by molar-refractivity contribution is -0.116. The smallest absolute Gasteiger partial charge is 0.335 e. The molecule has 0 spiro atoms. The number of hydrogen-bond donors (Lipinski definition) is 3. The van der Waals surface area contributed by atoms with Gasteiger partial charge in [0.05, 0.1) is 29.0 Å². The highest BCUT2D eigenvalue weighted by Gasteiger charge is 2.41. The van der Waals surface area contributed by atoms with Crippen LogP contribution in [0.3, 0.4) is 0 Å².